The third kappa shape index (κ3) is 6.44. The standard InChI is InChI=1S/C27H34N4O2S/c1-3-21-7-10-25-22(17-21)18-23(26(32)29-25)19-31(12-4-11-30-13-15-33-16-14-30)27(34)28-24-8-5-20(2)6-9-24/h5-10,17-18H,3-4,11-16,19H2,1-2H3,(H,28,34)(H,29,32). The summed E-state index contributed by atoms with van der Waals surface area (Å²) < 4.78 is 5.46. The van der Waals surface area contributed by atoms with Crippen LogP contribution in [0.2, 0.25) is 0 Å². The lowest BCUT2D eigenvalue weighted by molar-refractivity contribution is 0.0367. The number of nitrogens with zero attached hydrogens (tertiary/aromatic N) is 2. The number of aromatic nitrogens is 1. The summed E-state index contributed by atoms with van der Waals surface area (Å²) >= 11 is 5.81. The third-order valence-electron chi connectivity index (χ3n) is 6.35. The Morgan fingerprint density at radius 2 is 1.91 bits per heavy atom. The molecular formula is C27H34N4O2S. The van der Waals surface area contributed by atoms with Crippen LogP contribution >= 0.6 is 12.2 Å². The number of benzene rings is 2. The van der Waals surface area contributed by atoms with E-state index in [0.29, 0.717) is 11.7 Å². The number of pyridine rings is 1. The van der Waals surface area contributed by atoms with Gasteiger partial charge in [0.05, 0.1) is 19.8 Å². The number of aryl methyl sites for hydroxylation is 2. The molecule has 1 aliphatic heterocycles. The Labute approximate surface area is 206 Å². The monoisotopic (exact) mass is 478 g/mol. The number of rotatable bonds is 8. The molecule has 1 aromatic heterocycles. The zero-order valence-electron chi connectivity index (χ0n) is 20.1. The molecule has 2 N–H and O–H groups in total. The molecule has 6 nitrogen and oxygen atoms in total. The largest absolute Gasteiger partial charge is 0.379 e. The number of fused-ring (bicyclic) bond motifs is 1. The quantitative estimate of drug-likeness (QED) is 0.470. The van der Waals surface area contributed by atoms with E-state index in [1.807, 2.05) is 24.3 Å². The minimum atomic E-state index is -0.0620. The van der Waals surface area contributed by atoms with Gasteiger partial charge in [0.15, 0.2) is 5.11 Å². The van der Waals surface area contributed by atoms with Crippen LogP contribution in [0.1, 0.15) is 30.0 Å². The number of morpholine rings is 1. The summed E-state index contributed by atoms with van der Waals surface area (Å²) in [5, 5.41) is 5.05. The SMILES string of the molecule is CCc1ccc2[nH]c(=O)c(CN(CCCN3CCOCC3)C(=S)Nc3ccc(C)cc3)cc2c1. The van der Waals surface area contributed by atoms with Crippen LogP contribution in [-0.4, -0.2) is 59.3 Å². The van der Waals surface area contributed by atoms with Crippen LogP contribution in [0, 0.1) is 6.92 Å². The molecule has 4 rings (SSSR count). The first-order valence-corrected chi connectivity index (χ1v) is 12.5. The molecule has 3 aromatic rings. The van der Waals surface area contributed by atoms with E-state index < -0.39 is 0 Å². The second-order valence-electron chi connectivity index (χ2n) is 8.92. The molecule has 2 aromatic carbocycles. The molecule has 7 heteroatoms. The Bertz CT molecular complexity index is 1170. The number of aromatic amines is 1. The molecule has 0 amide bonds. The molecule has 1 saturated heterocycles. The number of H-pyrrole nitrogens is 1. The Balaban J connectivity index is 1.52. The summed E-state index contributed by atoms with van der Waals surface area (Å²) in [4.78, 5) is 20.5. The van der Waals surface area contributed by atoms with Crippen LogP contribution < -0.4 is 10.9 Å². The number of thiocarbonyl (C=S) groups is 1. The van der Waals surface area contributed by atoms with Gasteiger partial charge in [-0.05, 0) is 73.3 Å². The Morgan fingerprint density at radius 1 is 1.15 bits per heavy atom. The van der Waals surface area contributed by atoms with Crippen LogP contribution in [0.3, 0.4) is 0 Å². The van der Waals surface area contributed by atoms with Crippen molar-refractivity contribution in [2.75, 3.05) is 44.7 Å². The highest BCUT2D eigenvalue weighted by molar-refractivity contribution is 7.80. The van der Waals surface area contributed by atoms with Crippen molar-refractivity contribution in [3.8, 4) is 0 Å². The normalized spacial score (nSPS) is 14.3. The van der Waals surface area contributed by atoms with Crippen molar-refractivity contribution in [1.29, 1.82) is 0 Å². The van der Waals surface area contributed by atoms with Crippen LogP contribution in [-0.2, 0) is 17.7 Å². The molecule has 0 bridgehead atoms. The van der Waals surface area contributed by atoms with Crippen molar-refractivity contribution in [3.05, 3.63) is 75.6 Å². The van der Waals surface area contributed by atoms with E-state index in [0.717, 1.165) is 74.4 Å². The predicted octanol–water partition coefficient (Wildman–Crippen LogP) is 4.32. The fourth-order valence-corrected chi connectivity index (χ4v) is 4.52. The maximum Gasteiger partial charge on any atom is 0.253 e. The number of nitrogens with one attached hydrogen (secondary N) is 2. The van der Waals surface area contributed by atoms with Crippen molar-refractivity contribution in [2.24, 2.45) is 0 Å². The number of anilines is 1. The summed E-state index contributed by atoms with van der Waals surface area (Å²) in [6, 6.07) is 16.4. The zero-order valence-corrected chi connectivity index (χ0v) is 20.9. The van der Waals surface area contributed by atoms with Crippen molar-refractivity contribution in [3.63, 3.8) is 0 Å². The molecule has 0 radical (unpaired) electrons. The molecule has 180 valence electrons. The van der Waals surface area contributed by atoms with E-state index in [1.54, 1.807) is 0 Å². The van der Waals surface area contributed by atoms with Gasteiger partial charge in [0, 0.05) is 42.9 Å². The van der Waals surface area contributed by atoms with Crippen molar-refractivity contribution in [1.82, 2.24) is 14.8 Å². The van der Waals surface area contributed by atoms with E-state index in [-0.39, 0.29) is 5.56 Å². The second-order valence-corrected chi connectivity index (χ2v) is 9.31. The average molecular weight is 479 g/mol. The topological polar surface area (TPSA) is 60.6 Å². The molecule has 0 unspecified atom stereocenters. The lowest BCUT2D eigenvalue weighted by Gasteiger charge is -2.29. The molecule has 1 aliphatic rings. The van der Waals surface area contributed by atoms with Crippen LogP contribution in [0.25, 0.3) is 10.9 Å². The molecular weight excluding hydrogens is 444 g/mol. The summed E-state index contributed by atoms with van der Waals surface area (Å²) in [7, 11) is 0. The fourth-order valence-electron chi connectivity index (χ4n) is 4.25. The Kier molecular flexibility index (Phi) is 8.32. The highest BCUT2D eigenvalue weighted by Crippen LogP contribution is 2.16. The van der Waals surface area contributed by atoms with Gasteiger partial charge in [0.1, 0.15) is 0 Å². The maximum atomic E-state index is 12.9. The first-order chi connectivity index (χ1) is 16.5. The van der Waals surface area contributed by atoms with Gasteiger partial charge in [-0.25, -0.2) is 0 Å². The highest BCUT2D eigenvalue weighted by Gasteiger charge is 2.16. The number of ether oxygens (including phenoxy) is 1. The summed E-state index contributed by atoms with van der Waals surface area (Å²) in [5.41, 5.74) is 4.93. The van der Waals surface area contributed by atoms with E-state index in [9.17, 15) is 4.79 Å². The molecule has 0 aliphatic carbocycles. The van der Waals surface area contributed by atoms with Crippen molar-refractivity contribution < 1.29 is 4.74 Å². The summed E-state index contributed by atoms with van der Waals surface area (Å²) in [6.45, 7) is 9.94. The maximum absolute atomic E-state index is 12.9. The Hall–Kier alpha value is -2.74. The molecule has 2 heterocycles. The van der Waals surface area contributed by atoms with Crippen LogP contribution in [0.5, 0.6) is 0 Å². The first-order valence-electron chi connectivity index (χ1n) is 12.1. The molecule has 0 spiro atoms. The molecule has 34 heavy (non-hydrogen) atoms. The van der Waals surface area contributed by atoms with Crippen LogP contribution in [0.4, 0.5) is 5.69 Å². The lowest BCUT2D eigenvalue weighted by Crippen LogP contribution is -2.40. The highest BCUT2D eigenvalue weighted by atomic mass is 32.1. The second kappa shape index (κ2) is 11.6. The van der Waals surface area contributed by atoms with Gasteiger partial charge < -0.3 is 19.9 Å². The summed E-state index contributed by atoms with van der Waals surface area (Å²) in [6.07, 6.45) is 1.92. The third-order valence-corrected chi connectivity index (χ3v) is 6.71. The zero-order chi connectivity index (χ0) is 23.9. The molecule has 0 saturated carbocycles. The van der Waals surface area contributed by atoms with Gasteiger partial charge in [-0.3, -0.25) is 9.69 Å². The van der Waals surface area contributed by atoms with E-state index in [4.69, 9.17) is 17.0 Å². The van der Waals surface area contributed by atoms with Crippen molar-refractivity contribution in [2.45, 2.75) is 33.2 Å². The van der Waals surface area contributed by atoms with Gasteiger partial charge in [-0.1, -0.05) is 30.7 Å². The Morgan fingerprint density at radius 3 is 2.65 bits per heavy atom. The smallest absolute Gasteiger partial charge is 0.253 e. The van der Waals surface area contributed by atoms with Crippen molar-refractivity contribution >= 4 is 33.9 Å². The number of hydrogen-bond acceptors (Lipinski definition) is 4. The van der Waals surface area contributed by atoms with Gasteiger partial charge in [-0.2, -0.15) is 0 Å². The average Bonchev–Trinajstić information content (AvgIpc) is 2.85. The minimum Gasteiger partial charge on any atom is -0.379 e. The first kappa shape index (κ1) is 24.4. The molecule has 1 fully saturated rings. The van der Waals surface area contributed by atoms with E-state index in [2.05, 4.69) is 58.2 Å². The molecule has 0 atom stereocenters. The number of hydrogen-bond donors (Lipinski definition) is 2. The van der Waals surface area contributed by atoms with Gasteiger partial charge in [0.2, 0.25) is 0 Å². The minimum absolute atomic E-state index is 0.0620. The predicted molar refractivity (Wildman–Crippen MR) is 144 cm³/mol. The van der Waals surface area contributed by atoms with Crippen LogP contribution in [0.15, 0.2) is 53.3 Å². The summed E-state index contributed by atoms with van der Waals surface area (Å²) in [5.74, 6) is 0. The fraction of sp³-hybridized carbons (Fsp3) is 0.407. The van der Waals surface area contributed by atoms with E-state index >= 15 is 0 Å². The van der Waals surface area contributed by atoms with E-state index in [1.165, 1.54) is 11.1 Å². The van der Waals surface area contributed by atoms with Gasteiger partial charge in [-0.15, -0.1) is 0 Å². The van der Waals surface area contributed by atoms with Gasteiger partial charge in [0.25, 0.3) is 5.56 Å². The lowest BCUT2D eigenvalue weighted by atomic mass is 10.1. The van der Waals surface area contributed by atoms with Gasteiger partial charge >= 0.3 is 0 Å².